The monoisotopic (exact) mass is 311 g/mol. The summed E-state index contributed by atoms with van der Waals surface area (Å²) in [6.45, 7) is 3.43. The van der Waals surface area contributed by atoms with Crippen LogP contribution in [0.2, 0.25) is 0 Å². The second kappa shape index (κ2) is 7.00. The lowest BCUT2D eigenvalue weighted by Crippen LogP contribution is -2.13. The maximum Gasteiger partial charge on any atom is 0.446 e. The molecule has 2 aromatic rings. The van der Waals surface area contributed by atoms with Crippen LogP contribution in [0.4, 0.5) is 13.2 Å². The van der Waals surface area contributed by atoms with Crippen LogP contribution in [0.25, 0.3) is 0 Å². The van der Waals surface area contributed by atoms with Gasteiger partial charge in [0.25, 0.3) is 0 Å². The molecular weight excluding hydrogens is 295 g/mol. The van der Waals surface area contributed by atoms with Gasteiger partial charge in [0.2, 0.25) is 0 Å². The summed E-state index contributed by atoms with van der Waals surface area (Å²) in [6.07, 6.45) is 0. The van der Waals surface area contributed by atoms with Crippen molar-refractivity contribution < 1.29 is 13.2 Å². The summed E-state index contributed by atoms with van der Waals surface area (Å²) in [5.74, 6) is 0. The van der Waals surface area contributed by atoms with Crippen LogP contribution in [0, 0.1) is 6.92 Å². The van der Waals surface area contributed by atoms with Crippen molar-refractivity contribution in [3.8, 4) is 0 Å². The zero-order valence-electron chi connectivity index (χ0n) is 11.6. The van der Waals surface area contributed by atoms with Crippen molar-refractivity contribution >= 4 is 11.8 Å². The van der Waals surface area contributed by atoms with Crippen LogP contribution < -0.4 is 5.32 Å². The highest BCUT2D eigenvalue weighted by atomic mass is 32.2. The molecule has 0 saturated carbocycles. The number of halogens is 3. The summed E-state index contributed by atoms with van der Waals surface area (Å²) in [5, 5.41) is 3.30. The van der Waals surface area contributed by atoms with Gasteiger partial charge in [0, 0.05) is 18.0 Å². The van der Waals surface area contributed by atoms with E-state index in [4.69, 9.17) is 0 Å². The highest BCUT2D eigenvalue weighted by Crippen LogP contribution is 2.36. The maximum atomic E-state index is 12.2. The molecule has 0 unspecified atom stereocenters. The number of rotatable bonds is 5. The summed E-state index contributed by atoms with van der Waals surface area (Å²) in [7, 11) is 0. The molecule has 0 atom stereocenters. The Morgan fingerprint density at radius 3 is 2.24 bits per heavy atom. The van der Waals surface area contributed by atoms with E-state index >= 15 is 0 Å². The number of alkyl halides is 3. The number of hydrogen-bond acceptors (Lipinski definition) is 2. The molecule has 0 aliphatic rings. The Morgan fingerprint density at radius 1 is 0.952 bits per heavy atom. The van der Waals surface area contributed by atoms with Crippen LogP contribution in [-0.2, 0) is 13.1 Å². The van der Waals surface area contributed by atoms with E-state index in [9.17, 15) is 13.2 Å². The highest BCUT2D eigenvalue weighted by Gasteiger charge is 2.28. The third kappa shape index (κ3) is 5.44. The molecule has 0 aromatic heterocycles. The van der Waals surface area contributed by atoms with Gasteiger partial charge in [-0.2, -0.15) is 13.2 Å². The molecule has 0 amide bonds. The molecule has 1 nitrogen and oxygen atoms in total. The van der Waals surface area contributed by atoms with Crippen molar-refractivity contribution in [2.24, 2.45) is 0 Å². The molecular formula is C16H16F3NS. The number of nitrogens with one attached hydrogen (secondary N) is 1. The summed E-state index contributed by atoms with van der Waals surface area (Å²) >= 11 is -0.0883. The molecule has 2 rings (SSSR count). The van der Waals surface area contributed by atoms with Gasteiger partial charge in [-0.05, 0) is 47.5 Å². The minimum atomic E-state index is -4.23. The first-order valence-electron chi connectivity index (χ1n) is 6.54. The van der Waals surface area contributed by atoms with E-state index in [0.717, 1.165) is 12.1 Å². The van der Waals surface area contributed by atoms with Gasteiger partial charge in [-0.15, -0.1) is 0 Å². The maximum absolute atomic E-state index is 12.2. The van der Waals surface area contributed by atoms with Crippen LogP contribution in [-0.4, -0.2) is 5.51 Å². The van der Waals surface area contributed by atoms with Crippen molar-refractivity contribution in [1.29, 1.82) is 0 Å². The SMILES string of the molecule is Cc1ccccc1CNCc1ccc(SC(F)(F)F)cc1. The van der Waals surface area contributed by atoms with Crippen molar-refractivity contribution in [1.82, 2.24) is 5.32 Å². The normalized spacial score (nSPS) is 11.6. The van der Waals surface area contributed by atoms with Gasteiger partial charge >= 0.3 is 5.51 Å². The van der Waals surface area contributed by atoms with Gasteiger partial charge in [0.1, 0.15) is 0 Å². The molecule has 112 valence electrons. The van der Waals surface area contributed by atoms with Crippen LogP contribution in [0.1, 0.15) is 16.7 Å². The van der Waals surface area contributed by atoms with E-state index in [1.807, 2.05) is 12.1 Å². The number of hydrogen-bond donors (Lipinski definition) is 1. The lowest BCUT2D eigenvalue weighted by molar-refractivity contribution is -0.0328. The highest BCUT2D eigenvalue weighted by molar-refractivity contribution is 8.00. The Hall–Kier alpha value is -1.46. The predicted molar refractivity (Wildman–Crippen MR) is 80.1 cm³/mol. The summed E-state index contributed by atoms with van der Waals surface area (Å²) in [4.78, 5) is 0.213. The van der Waals surface area contributed by atoms with Gasteiger partial charge in [-0.3, -0.25) is 0 Å². The number of benzene rings is 2. The van der Waals surface area contributed by atoms with Gasteiger partial charge in [0.05, 0.1) is 0 Å². The Morgan fingerprint density at radius 2 is 1.62 bits per heavy atom. The molecule has 0 bridgehead atoms. The van der Waals surface area contributed by atoms with Gasteiger partial charge < -0.3 is 5.32 Å². The molecule has 0 heterocycles. The third-order valence-electron chi connectivity index (χ3n) is 3.06. The van der Waals surface area contributed by atoms with E-state index in [0.29, 0.717) is 6.54 Å². The van der Waals surface area contributed by atoms with Crippen LogP contribution in [0.15, 0.2) is 53.4 Å². The molecule has 0 aliphatic carbocycles. The quantitative estimate of drug-likeness (QED) is 0.789. The minimum absolute atomic E-state index is 0.0883. The minimum Gasteiger partial charge on any atom is -0.309 e. The van der Waals surface area contributed by atoms with Crippen LogP contribution in [0.3, 0.4) is 0 Å². The Kier molecular flexibility index (Phi) is 5.31. The Bertz CT molecular complexity index is 579. The third-order valence-corrected chi connectivity index (χ3v) is 3.80. The van der Waals surface area contributed by atoms with Crippen molar-refractivity contribution in [2.75, 3.05) is 0 Å². The lowest BCUT2D eigenvalue weighted by Gasteiger charge is -2.09. The first kappa shape index (κ1) is 15.9. The molecule has 21 heavy (non-hydrogen) atoms. The number of thioether (sulfide) groups is 1. The standard InChI is InChI=1S/C16H16F3NS/c1-12-4-2-3-5-14(12)11-20-10-13-6-8-15(9-7-13)21-16(17,18)19/h2-9,20H,10-11H2,1H3. The fraction of sp³-hybridized carbons (Fsp3) is 0.250. The molecule has 0 saturated heterocycles. The van der Waals surface area contributed by atoms with Crippen molar-refractivity contribution in [2.45, 2.75) is 30.4 Å². The Labute approximate surface area is 126 Å². The molecule has 0 aliphatic heterocycles. The molecule has 0 fully saturated rings. The van der Waals surface area contributed by atoms with E-state index in [2.05, 4.69) is 24.4 Å². The Balaban J connectivity index is 1.85. The van der Waals surface area contributed by atoms with E-state index in [1.54, 1.807) is 12.1 Å². The average molecular weight is 311 g/mol. The fourth-order valence-electron chi connectivity index (χ4n) is 1.96. The summed E-state index contributed by atoms with van der Waals surface area (Å²) in [5.41, 5.74) is -0.816. The predicted octanol–water partition coefficient (Wildman–Crippen LogP) is 4.90. The fourth-order valence-corrected chi connectivity index (χ4v) is 2.50. The largest absolute Gasteiger partial charge is 0.446 e. The van der Waals surface area contributed by atoms with Gasteiger partial charge in [0.15, 0.2) is 0 Å². The van der Waals surface area contributed by atoms with Crippen LogP contribution >= 0.6 is 11.8 Å². The summed E-state index contributed by atoms with van der Waals surface area (Å²) in [6, 6.07) is 14.6. The van der Waals surface area contributed by atoms with E-state index in [-0.39, 0.29) is 16.7 Å². The molecule has 2 aromatic carbocycles. The molecule has 5 heteroatoms. The zero-order chi connectivity index (χ0) is 15.3. The molecule has 1 N–H and O–H groups in total. The number of aryl methyl sites for hydroxylation is 1. The molecule has 0 radical (unpaired) electrons. The first-order valence-corrected chi connectivity index (χ1v) is 7.35. The van der Waals surface area contributed by atoms with E-state index < -0.39 is 5.51 Å². The summed E-state index contributed by atoms with van der Waals surface area (Å²) < 4.78 is 36.7. The van der Waals surface area contributed by atoms with Gasteiger partial charge in [-0.25, -0.2) is 0 Å². The van der Waals surface area contributed by atoms with Gasteiger partial charge in [-0.1, -0.05) is 36.4 Å². The second-order valence-corrected chi connectivity index (χ2v) is 5.86. The smallest absolute Gasteiger partial charge is 0.309 e. The van der Waals surface area contributed by atoms with Crippen molar-refractivity contribution in [3.63, 3.8) is 0 Å². The lowest BCUT2D eigenvalue weighted by atomic mass is 10.1. The van der Waals surface area contributed by atoms with Crippen LogP contribution in [0.5, 0.6) is 0 Å². The average Bonchev–Trinajstić information content (AvgIpc) is 2.41. The zero-order valence-corrected chi connectivity index (χ0v) is 12.4. The van der Waals surface area contributed by atoms with Crippen molar-refractivity contribution in [3.05, 3.63) is 65.2 Å². The van der Waals surface area contributed by atoms with E-state index in [1.165, 1.54) is 23.3 Å². The molecule has 0 spiro atoms. The second-order valence-electron chi connectivity index (χ2n) is 4.72. The first-order chi connectivity index (χ1) is 9.94. The topological polar surface area (TPSA) is 12.0 Å².